The predicted molar refractivity (Wildman–Crippen MR) is 84.3 cm³/mol. The molecule has 0 spiro atoms. The van der Waals surface area contributed by atoms with E-state index < -0.39 is 8.32 Å². The molecule has 0 radical (unpaired) electrons. The number of likely N-dealkylation sites (N-methyl/N-ethyl adjacent to an activating group) is 1. The minimum absolute atomic E-state index is 0.228. The predicted octanol–water partition coefficient (Wildman–Crippen LogP) is 2.81. The van der Waals surface area contributed by atoms with Gasteiger partial charge in [-0.25, -0.2) is 4.79 Å². The smallest absolute Gasteiger partial charge is 0.330 e. The van der Waals surface area contributed by atoms with Crippen LogP contribution in [0, 0.1) is 0 Å². The number of esters is 1. The Morgan fingerprint density at radius 2 is 1.95 bits per heavy atom. The Kier molecular flexibility index (Phi) is 5.58. The topological polar surface area (TPSA) is 38.8 Å². The van der Waals surface area contributed by atoms with Crippen molar-refractivity contribution in [3.8, 4) is 0 Å². The third kappa shape index (κ3) is 4.43. The minimum Gasteiger partial charge on any atom is -0.466 e. The lowest BCUT2D eigenvalue weighted by molar-refractivity contribution is -0.134. The maximum Gasteiger partial charge on any atom is 0.330 e. The number of methoxy groups -OCH3 is 1. The van der Waals surface area contributed by atoms with Crippen molar-refractivity contribution in [3.63, 3.8) is 0 Å². The van der Waals surface area contributed by atoms with E-state index in [1.54, 1.807) is 0 Å². The highest BCUT2D eigenvalue weighted by molar-refractivity contribution is 6.74. The molecule has 20 heavy (non-hydrogen) atoms. The average Bonchev–Trinajstić information content (AvgIpc) is 2.64. The molecule has 1 aliphatic rings. The molecule has 2 unspecified atom stereocenters. The molecular weight excluding hydrogens is 270 g/mol. The molecule has 1 fully saturated rings. The van der Waals surface area contributed by atoms with Crippen LogP contribution in [0.2, 0.25) is 18.1 Å². The number of nitrogens with zero attached hydrogens (tertiary/aromatic N) is 1. The summed E-state index contributed by atoms with van der Waals surface area (Å²) in [7, 11) is 1.74. The number of hydrogen-bond acceptors (Lipinski definition) is 4. The molecule has 1 heterocycles. The van der Waals surface area contributed by atoms with E-state index in [9.17, 15) is 4.79 Å². The Labute approximate surface area is 124 Å². The summed E-state index contributed by atoms with van der Waals surface area (Å²) in [5.74, 6) is -0.299. The van der Waals surface area contributed by atoms with E-state index in [4.69, 9.17) is 4.43 Å². The summed E-state index contributed by atoms with van der Waals surface area (Å²) >= 11 is 0. The Morgan fingerprint density at radius 3 is 2.45 bits per heavy atom. The van der Waals surface area contributed by atoms with Gasteiger partial charge in [-0.1, -0.05) is 26.8 Å². The molecule has 0 aromatic heterocycles. The lowest BCUT2D eigenvalue weighted by atomic mass is 10.2. The number of likely N-dealkylation sites (tertiary alicyclic amines) is 1. The van der Waals surface area contributed by atoms with Crippen LogP contribution in [0.25, 0.3) is 0 Å². The van der Waals surface area contributed by atoms with Crippen LogP contribution in [0.15, 0.2) is 12.2 Å². The van der Waals surface area contributed by atoms with Crippen molar-refractivity contribution in [1.82, 2.24) is 4.90 Å². The molecule has 0 N–H and O–H groups in total. The molecular formula is C15H29NO3Si. The summed E-state index contributed by atoms with van der Waals surface area (Å²) in [5.41, 5.74) is 0. The summed E-state index contributed by atoms with van der Waals surface area (Å²) < 4.78 is 11.1. The first-order valence-corrected chi connectivity index (χ1v) is 10.1. The quantitative estimate of drug-likeness (QED) is 0.454. The van der Waals surface area contributed by atoms with Gasteiger partial charge in [-0.05, 0) is 31.6 Å². The Bertz CT molecular complexity index is 374. The molecule has 0 aromatic carbocycles. The number of carbonyl (C=O) groups excluding carboxylic acids is 1. The summed E-state index contributed by atoms with van der Waals surface area (Å²) in [6.07, 6.45) is 4.63. The zero-order valence-corrected chi connectivity index (χ0v) is 14.9. The van der Waals surface area contributed by atoms with Crippen molar-refractivity contribution in [1.29, 1.82) is 0 Å². The Morgan fingerprint density at radius 1 is 1.35 bits per heavy atom. The normalized spacial score (nSPS) is 25.4. The molecule has 0 amide bonds. The van der Waals surface area contributed by atoms with Gasteiger partial charge in [-0.15, -0.1) is 0 Å². The number of hydrogen-bond donors (Lipinski definition) is 0. The maximum atomic E-state index is 11.2. The van der Waals surface area contributed by atoms with Gasteiger partial charge in [0, 0.05) is 18.7 Å². The van der Waals surface area contributed by atoms with E-state index in [0.717, 1.165) is 13.0 Å². The van der Waals surface area contributed by atoms with Crippen molar-refractivity contribution >= 4 is 14.3 Å². The van der Waals surface area contributed by atoms with Crippen molar-refractivity contribution in [3.05, 3.63) is 12.2 Å². The summed E-state index contributed by atoms with van der Waals surface area (Å²) in [6, 6.07) is 0.254. The van der Waals surface area contributed by atoms with Gasteiger partial charge in [-0.3, -0.25) is 4.90 Å². The van der Waals surface area contributed by atoms with Crippen molar-refractivity contribution < 1.29 is 14.0 Å². The van der Waals surface area contributed by atoms with E-state index >= 15 is 0 Å². The fourth-order valence-corrected chi connectivity index (χ4v) is 3.50. The molecule has 1 saturated heterocycles. The molecule has 0 bridgehead atoms. The summed E-state index contributed by atoms with van der Waals surface area (Å²) in [6.45, 7) is 12.3. The summed E-state index contributed by atoms with van der Waals surface area (Å²) in [5, 5.41) is 0.228. The van der Waals surface area contributed by atoms with Crippen molar-refractivity contribution in [2.24, 2.45) is 0 Å². The number of rotatable bonds is 4. The number of carbonyl (C=O) groups is 1. The Hall–Kier alpha value is -0.653. The van der Waals surface area contributed by atoms with Crippen LogP contribution in [-0.4, -0.2) is 52.0 Å². The molecule has 0 aromatic rings. The van der Waals surface area contributed by atoms with E-state index in [2.05, 4.69) is 50.5 Å². The highest BCUT2D eigenvalue weighted by atomic mass is 28.4. The molecule has 0 aliphatic carbocycles. The van der Waals surface area contributed by atoms with Gasteiger partial charge < -0.3 is 9.16 Å². The van der Waals surface area contributed by atoms with Gasteiger partial charge in [0.05, 0.1) is 13.2 Å². The van der Waals surface area contributed by atoms with E-state index in [-0.39, 0.29) is 23.2 Å². The first-order valence-electron chi connectivity index (χ1n) is 7.21. The fourth-order valence-electron chi connectivity index (χ4n) is 2.14. The first-order chi connectivity index (χ1) is 9.06. The van der Waals surface area contributed by atoms with Crippen LogP contribution in [-0.2, 0) is 14.0 Å². The largest absolute Gasteiger partial charge is 0.466 e. The lowest BCUT2D eigenvalue weighted by Gasteiger charge is -2.38. The third-order valence-electron chi connectivity index (χ3n) is 4.49. The van der Waals surface area contributed by atoms with Gasteiger partial charge >= 0.3 is 5.97 Å². The summed E-state index contributed by atoms with van der Waals surface area (Å²) in [4.78, 5) is 13.4. The average molecular weight is 299 g/mol. The van der Waals surface area contributed by atoms with Crippen LogP contribution in [0.4, 0.5) is 0 Å². The Balaban J connectivity index is 2.62. The van der Waals surface area contributed by atoms with Crippen LogP contribution in [0.1, 0.15) is 27.2 Å². The van der Waals surface area contributed by atoms with Crippen LogP contribution in [0.3, 0.4) is 0 Å². The third-order valence-corrected chi connectivity index (χ3v) is 9.02. The zero-order valence-electron chi connectivity index (χ0n) is 13.9. The zero-order chi connectivity index (χ0) is 15.6. The monoisotopic (exact) mass is 299 g/mol. The fraction of sp³-hybridized carbons (Fsp3) is 0.800. The molecule has 1 rings (SSSR count). The molecule has 0 saturated carbocycles. The van der Waals surface area contributed by atoms with Gasteiger partial charge in [-0.2, -0.15) is 0 Å². The molecule has 1 aliphatic heterocycles. The van der Waals surface area contributed by atoms with Gasteiger partial charge in [0.2, 0.25) is 0 Å². The maximum absolute atomic E-state index is 11.2. The van der Waals surface area contributed by atoms with E-state index in [0.29, 0.717) is 0 Å². The van der Waals surface area contributed by atoms with Crippen LogP contribution in [0.5, 0.6) is 0 Å². The molecule has 2 atom stereocenters. The van der Waals surface area contributed by atoms with Crippen LogP contribution >= 0.6 is 0 Å². The molecule has 4 nitrogen and oxygen atoms in total. The van der Waals surface area contributed by atoms with Gasteiger partial charge in [0.1, 0.15) is 0 Å². The van der Waals surface area contributed by atoms with Gasteiger partial charge in [0.15, 0.2) is 8.32 Å². The molecule has 116 valence electrons. The second-order valence-corrected chi connectivity index (χ2v) is 11.9. The van der Waals surface area contributed by atoms with E-state index in [1.807, 2.05) is 6.08 Å². The lowest BCUT2D eigenvalue weighted by Crippen LogP contribution is -2.44. The highest BCUT2D eigenvalue weighted by Gasteiger charge is 2.41. The second-order valence-electron chi connectivity index (χ2n) is 7.13. The number of ether oxygens (including phenoxy) is 1. The van der Waals surface area contributed by atoms with Crippen molar-refractivity contribution in [2.75, 3.05) is 20.7 Å². The molecule has 5 heteroatoms. The SMILES string of the molecule is COC(=O)/C=C/C1CC(O[Si](C)(C)C(C)(C)C)CN1C. The van der Waals surface area contributed by atoms with Crippen LogP contribution < -0.4 is 0 Å². The standard InChI is InChI=1S/C15H29NO3Si/c1-15(2,3)20(6,7)19-13-10-12(16(4)11-13)8-9-14(17)18-5/h8-9,12-13H,10-11H2,1-7H3/b9-8+. The van der Waals surface area contributed by atoms with Crippen molar-refractivity contribution in [2.45, 2.75) is 57.5 Å². The highest BCUT2D eigenvalue weighted by Crippen LogP contribution is 2.38. The van der Waals surface area contributed by atoms with Gasteiger partial charge in [0.25, 0.3) is 0 Å². The minimum atomic E-state index is -1.72. The van der Waals surface area contributed by atoms with E-state index in [1.165, 1.54) is 13.2 Å². The first kappa shape index (κ1) is 17.4. The second kappa shape index (κ2) is 6.41.